The molecule has 1 aromatic rings. The molecule has 1 rings (SSSR count). The van der Waals surface area contributed by atoms with Crippen LogP contribution in [0, 0.1) is 23.2 Å². The number of carbonyl (C=O) groups is 1. The highest BCUT2D eigenvalue weighted by molar-refractivity contribution is 5.89. The number of benzene rings is 1. The van der Waals surface area contributed by atoms with E-state index in [4.69, 9.17) is 5.11 Å². The molecule has 4 heteroatoms. The zero-order valence-electron chi connectivity index (χ0n) is 12.6. The smallest absolute Gasteiger partial charge is 0.335 e. The lowest BCUT2D eigenvalue weighted by atomic mass is 10.1. The molecule has 0 atom stereocenters. The number of nitriles is 1. The molecule has 1 N–H and O–H groups in total. The maximum atomic E-state index is 11.0. The van der Waals surface area contributed by atoms with Crippen molar-refractivity contribution in [2.75, 3.05) is 18.0 Å². The van der Waals surface area contributed by atoms with Crippen LogP contribution in [0.2, 0.25) is 0 Å². The first-order valence-corrected chi connectivity index (χ1v) is 6.87. The van der Waals surface area contributed by atoms with Crippen molar-refractivity contribution in [1.29, 1.82) is 5.26 Å². The molecule has 0 aliphatic carbocycles. The van der Waals surface area contributed by atoms with Crippen LogP contribution in [-0.4, -0.2) is 24.2 Å². The normalized spacial score (nSPS) is 10.7. The summed E-state index contributed by atoms with van der Waals surface area (Å²) in [6, 6.07) is 6.87. The quantitative estimate of drug-likeness (QED) is 0.863. The minimum atomic E-state index is -1.01. The largest absolute Gasteiger partial charge is 0.478 e. The van der Waals surface area contributed by atoms with Crippen molar-refractivity contribution in [3.63, 3.8) is 0 Å². The average molecular weight is 274 g/mol. The van der Waals surface area contributed by atoms with Gasteiger partial charge in [0.2, 0.25) is 0 Å². The van der Waals surface area contributed by atoms with E-state index < -0.39 is 5.97 Å². The summed E-state index contributed by atoms with van der Waals surface area (Å²) >= 11 is 0. The van der Waals surface area contributed by atoms with Crippen LogP contribution in [0.3, 0.4) is 0 Å². The summed E-state index contributed by atoms with van der Waals surface area (Å²) in [5.74, 6) is -0.0637. The minimum absolute atomic E-state index is 0.152. The number of hydrogen-bond acceptors (Lipinski definition) is 3. The first kappa shape index (κ1) is 16.0. The fourth-order valence-corrected chi connectivity index (χ4v) is 2.19. The summed E-state index contributed by atoms with van der Waals surface area (Å²) < 4.78 is 0. The molecule has 0 radical (unpaired) electrons. The molecule has 4 nitrogen and oxygen atoms in total. The predicted octanol–water partition coefficient (Wildman–Crippen LogP) is 3.37. The number of nitrogens with zero attached hydrogens (tertiary/aromatic N) is 2. The fraction of sp³-hybridized carbons (Fsp3) is 0.500. The third-order valence-electron chi connectivity index (χ3n) is 2.88. The zero-order chi connectivity index (χ0) is 15.3. The van der Waals surface area contributed by atoms with E-state index in [9.17, 15) is 10.1 Å². The van der Waals surface area contributed by atoms with Crippen LogP contribution in [0.1, 0.15) is 43.6 Å². The van der Waals surface area contributed by atoms with Crippen molar-refractivity contribution in [2.45, 2.75) is 27.7 Å². The Hall–Kier alpha value is -2.02. The molecule has 0 aliphatic heterocycles. The van der Waals surface area contributed by atoms with E-state index in [2.05, 4.69) is 38.7 Å². The molecule has 0 aliphatic rings. The van der Waals surface area contributed by atoms with Crippen LogP contribution >= 0.6 is 0 Å². The van der Waals surface area contributed by atoms with Crippen LogP contribution < -0.4 is 4.90 Å². The maximum Gasteiger partial charge on any atom is 0.335 e. The molecule has 0 spiro atoms. The van der Waals surface area contributed by atoms with Gasteiger partial charge in [-0.2, -0.15) is 5.26 Å². The molecule has 1 aromatic carbocycles. The minimum Gasteiger partial charge on any atom is -0.478 e. The molecular weight excluding hydrogens is 252 g/mol. The Morgan fingerprint density at radius 1 is 1.25 bits per heavy atom. The van der Waals surface area contributed by atoms with Gasteiger partial charge in [-0.15, -0.1) is 0 Å². The van der Waals surface area contributed by atoms with Gasteiger partial charge in [0.1, 0.15) is 6.07 Å². The van der Waals surface area contributed by atoms with E-state index in [1.165, 1.54) is 6.07 Å². The van der Waals surface area contributed by atoms with Crippen LogP contribution in [0.15, 0.2) is 18.2 Å². The second kappa shape index (κ2) is 6.95. The van der Waals surface area contributed by atoms with Gasteiger partial charge < -0.3 is 10.0 Å². The SMILES string of the molecule is CC(C)CN(CC(C)C)c1ccc(C(=O)O)cc1C#N. The Bertz CT molecular complexity index is 506. The van der Waals surface area contributed by atoms with Gasteiger partial charge >= 0.3 is 5.97 Å². The van der Waals surface area contributed by atoms with E-state index in [0.29, 0.717) is 17.4 Å². The highest BCUT2D eigenvalue weighted by Crippen LogP contribution is 2.23. The van der Waals surface area contributed by atoms with E-state index in [0.717, 1.165) is 18.8 Å². The number of anilines is 1. The predicted molar refractivity (Wildman–Crippen MR) is 80.0 cm³/mol. The van der Waals surface area contributed by atoms with Gasteiger partial charge in [0, 0.05) is 13.1 Å². The van der Waals surface area contributed by atoms with E-state index in [-0.39, 0.29) is 5.56 Å². The van der Waals surface area contributed by atoms with Gasteiger partial charge in [-0.1, -0.05) is 27.7 Å². The summed E-state index contributed by atoms with van der Waals surface area (Å²) in [7, 11) is 0. The molecule has 108 valence electrons. The summed E-state index contributed by atoms with van der Waals surface area (Å²) in [6.07, 6.45) is 0. The molecule has 0 saturated heterocycles. The van der Waals surface area contributed by atoms with Crippen molar-refractivity contribution in [1.82, 2.24) is 0 Å². The molecule has 0 fully saturated rings. The number of hydrogen-bond donors (Lipinski definition) is 1. The average Bonchev–Trinajstić information content (AvgIpc) is 2.35. The number of rotatable bonds is 6. The van der Waals surface area contributed by atoms with Crippen LogP contribution in [0.5, 0.6) is 0 Å². The van der Waals surface area contributed by atoms with Crippen molar-refractivity contribution in [3.05, 3.63) is 29.3 Å². The summed E-state index contributed by atoms with van der Waals surface area (Å²) in [6.45, 7) is 10.2. The van der Waals surface area contributed by atoms with Gasteiger partial charge in [-0.25, -0.2) is 4.79 Å². The monoisotopic (exact) mass is 274 g/mol. The van der Waals surface area contributed by atoms with Crippen LogP contribution in [0.4, 0.5) is 5.69 Å². The van der Waals surface area contributed by atoms with Gasteiger partial charge in [0.05, 0.1) is 16.8 Å². The van der Waals surface area contributed by atoms with Crippen molar-refractivity contribution < 1.29 is 9.90 Å². The molecule has 0 unspecified atom stereocenters. The molecular formula is C16H22N2O2. The Morgan fingerprint density at radius 3 is 2.20 bits per heavy atom. The molecule has 0 aromatic heterocycles. The van der Waals surface area contributed by atoms with Gasteiger partial charge in [0.25, 0.3) is 0 Å². The Kier molecular flexibility index (Phi) is 5.57. The topological polar surface area (TPSA) is 64.3 Å². The molecule has 0 saturated carbocycles. The van der Waals surface area contributed by atoms with Crippen molar-refractivity contribution in [2.24, 2.45) is 11.8 Å². The second-order valence-corrected chi connectivity index (χ2v) is 5.84. The summed E-state index contributed by atoms with van der Waals surface area (Å²) in [4.78, 5) is 13.1. The Labute approximate surface area is 120 Å². The van der Waals surface area contributed by atoms with Crippen molar-refractivity contribution in [3.8, 4) is 6.07 Å². The van der Waals surface area contributed by atoms with Gasteiger partial charge in [0.15, 0.2) is 0 Å². The van der Waals surface area contributed by atoms with Gasteiger partial charge in [-0.3, -0.25) is 0 Å². The lowest BCUT2D eigenvalue weighted by molar-refractivity contribution is 0.0697. The first-order valence-electron chi connectivity index (χ1n) is 6.87. The molecule has 20 heavy (non-hydrogen) atoms. The second-order valence-electron chi connectivity index (χ2n) is 5.84. The molecule has 0 bridgehead atoms. The Balaban J connectivity index is 3.18. The lowest BCUT2D eigenvalue weighted by Gasteiger charge is -2.29. The lowest BCUT2D eigenvalue weighted by Crippen LogP contribution is -2.32. The van der Waals surface area contributed by atoms with Crippen LogP contribution in [0.25, 0.3) is 0 Å². The third kappa shape index (κ3) is 4.27. The van der Waals surface area contributed by atoms with E-state index >= 15 is 0 Å². The fourth-order valence-electron chi connectivity index (χ4n) is 2.19. The molecule has 0 heterocycles. The van der Waals surface area contributed by atoms with E-state index in [1.54, 1.807) is 12.1 Å². The summed E-state index contributed by atoms with van der Waals surface area (Å²) in [5, 5.41) is 18.3. The highest BCUT2D eigenvalue weighted by atomic mass is 16.4. The number of carboxylic acid groups (broad SMARTS) is 1. The number of aromatic carboxylic acids is 1. The zero-order valence-corrected chi connectivity index (χ0v) is 12.6. The maximum absolute atomic E-state index is 11.0. The Morgan fingerprint density at radius 2 is 1.80 bits per heavy atom. The van der Waals surface area contributed by atoms with Gasteiger partial charge in [-0.05, 0) is 30.0 Å². The summed E-state index contributed by atoms with van der Waals surface area (Å²) in [5.41, 5.74) is 1.39. The third-order valence-corrected chi connectivity index (χ3v) is 2.88. The van der Waals surface area contributed by atoms with Crippen molar-refractivity contribution >= 4 is 11.7 Å². The first-order chi connectivity index (χ1) is 9.35. The van der Waals surface area contributed by atoms with Crippen LogP contribution in [-0.2, 0) is 0 Å². The van der Waals surface area contributed by atoms with E-state index in [1.807, 2.05) is 0 Å². The standard InChI is InChI=1S/C16H22N2O2/c1-11(2)9-18(10-12(3)4)15-6-5-13(16(19)20)7-14(15)8-17/h5-7,11-12H,9-10H2,1-4H3,(H,19,20). The molecule has 0 amide bonds. The highest BCUT2D eigenvalue weighted by Gasteiger charge is 2.16. The number of carboxylic acids is 1.